The molecule has 0 N–H and O–H groups in total. The number of allylic oxidation sites excluding steroid dienone is 1. The highest BCUT2D eigenvalue weighted by Gasteiger charge is 2.02. The van der Waals surface area contributed by atoms with E-state index in [9.17, 15) is 4.39 Å². The highest BCUT2D eigenvalue weighted by Crippen LogP contribution is 2.17. The molecule has 0 unspecified atom stereocenters. The zero-order valence-electron chi connectivity index (χ0n) is 8.89. The van der Waals surface area contributed by atoms with Crippen LogP contribution >= 0.6 is 0 Å². The number of nitrogens with zero attached hydrogens (tertiary/aromatic N) is 2. The molecule has 3 heteroatoms. The molecule has 0 amide bonds. The molecule has 0 aliphatic rings. The molecule has 2 rings (SSSR count). The van der Waals surface area contributed by atoms with Crippen molar-refractivity contribution in [3.8, 4) is 11.4 Å². The first kappa shape index (κ1) is 10.5. The van der Waals surface area contributed by atoms with Gasteiger partial charge in [0.15, 0.2) is 5.82 Å². The van der Waals surface area contributed by atoms with Crippen molar-refractivity contribution in [1.29, 1.82) is 0 Å². The topological polar surface area (TPSA) is 25.8 Å². The highest BCUT2D eigenvalue weighted by molar-refractivity contribution is 5.59. The first-order chi connectivity index (χ1) is 7.81. The molecule has 2 aromatic rings. The summed E-state index contributed by atoms with van der Waals surface area (Å²) in [5.74, 6) is 0.299. The van der Waals surface area contributed by atoms with Crippen LogP contribution in [0.4, 0.5) is 4.39 Å². The summed E-state index contributed by atoms with van der Waals surface area (Å²) in [4.78, 5) is 8.25. The van der Waals surface area contributed by atoms with Crippen LogP contribution in [0.2, 0.25) is 0 Å². The lowest BCUT2D eigenvalue weighted by molar-refractivity contribution is 0.756. The van der Waals surface area contributed by atoms with E-state index in [-0.39, 0.29) is 5.83 Å². The summed E-state index contributed by atoms with van der Waals surface area (Å²) in [5.41, 5.74) is 1.33. The Morgan fingerprint density at radius 1 is 1.12 bits per heavy atom. The van der Waals surface area contributed by atoms with Gasteiger partial charge in [0, 0.05) is 23.5 Å². The Kier molecular flexibility index (Phi) is 3.05. The van der Waals surface area contributed by atoms with E-state index in [1.54, 1.807) is 6.92 Å². The van der Waals surface area contributed by atoms with E-state index in [1.807, 2.05) is 30.3 Å². The fourth-order valence-corrected chi connectivity index (χ4v) is 1.35. The lowest BCUT2D eigenvalue weighted by Crippen LogP contribution is -1.90. The molecule has 1 aromatic carbocycles. The van der Waals surface area contributed by atoms with Gasteiger partial charge < -0.3 is 0 Å². The summed E-state index contributed by atoms with van der Waals surface area (Å²) in [6.45, 7) is 1.64. The minimum Gasteiger partial charge on any atom is -0.236 e. The Labute approximate surface area is 93.5 Å². The number of halogens is 1. The van der Waals surface area contributed by atoms with Gasteiger partial charge in [-0.3, -0.25) is 0 Å². The molecule has 0 saturated carbocycles. The van der Waals surface area contributed by atoms with Crippen LogP contribution in [0, 0.1) is 0 Å². The molecule has 0 fully saturated rings. The van der Waals surface area contributed by atoms with Gasteiger partial charge >= 0.3 is 0 Å². The van der Waals surface area contributed by atoms with E-state index in [4.69, 9.17) is 0 Å². The molecule has 0 aliphatic heterocycles. The van der Waals surface area contributed by atoms with E-state index >= 15 is 0 Å². The lowest BCUT2D eigenvalue weighted by Gasteiger charge is -2.00. The first-order valence-electron chi connectivity index (χ1n) is 5.01. The van der Waals surface area contributed by atoms with Crippen LogP contribution in [0.1, 0.15) is 12.5 Å². The molecule has 1 aromatic heterocycles. The normalized spacial score (nSPS) is 11.5. The van der Waals surface area contributed by atoms with E-state index in [1.165, 1.54) is 18.5 Å². The van der Waals surface area contributed by atoms with Gasteiger partial charge in [0.05, 0.1) is 0 Å². The van der Waals surface area contributed by atoms with Crippen molar-refractivity contribution < 1.29 is 4.39 Å². The second kappa shape index (κ2) is 4.66. The van der Waals surface area contributed by atoms with Crippen molar-refractivity contribution in [2.45, 2.75) is 6.92 Å². The fourth-order valence-electron chi connectivity index (χ4n) is 1.35. The van der Waals surface area contributed by atoms with Crippen LogP contribution < -0.4 is 0 Å². The van der Waals surface area contributed by atoms with Gasteiger partial charge in [0.2, 0.25) is 0 Å². The second-order valence-electron chi connectivity index (χ2n) is 3.30. The fraction of sp³-hybridized carbons (Fsp3) is 0.0769. The average molecular weight is 214 g/mol. The molecule has 0 bridgehead atoms. The second-order valence-corrected chi connectivity index (χ2v) is 3.30. The van der Waals surface area contributed by atoms with Crippen molar-refractivity contribution in [3.05, 3.63) is 54.4 Å². The standard InChI is InChI=1S/C13H11FN2/c1-2-12(14)11-8-15-13(16-9-11)10-6-4-3-5-7-10/h2-9H,1H3/b12-2-. The summed E-state index contributed by atoms with van der Waals surface area (Å²) in [6, 6.07) is 9.59. The van der Waals surface area contributed by atoms with E-state index in [2.05, 4.69) is 9.97 Å². The van der Waals surface area contributed by atoms with Gasteiger partial charge in [-0.05, 0) is 6.92 Å². The Bertz CT molecular complexity index is 489. The van der Waals surface area contributed by atoms with Gasteiger partial charge in [0.25, 0.3) is 0 Å². The molecular weight excluding hydrogens is 203 g/mol. The summed E-state index contributed by atoms with van der Waals surface area (Å²) in [6.07, 6.45) is 4.37. The van der Waals surface area contributed by atoms with Gasteiger partial charge in [-0.2, -0.15) is 0 Å². The van der Waals surface area contributed by atoms with E-state index in [0.29, 0.717) is 11.4 Å². The molecule has 0 atom stereocenters. The molecule has 0 radical (unpaired) electrons. The quantitative estimate of drug-likeness (QED) is 0.764. The number of aromatic nitrogens is 2. The van der Waals surface area contributed by atoms with Crippen molar-refractivity contribution >= 4 is 5.83 Å². The summed E-state index contributed by atoms with van der Waals surface area (Å²) >= 11 is 0. The Hall–Kier alpha value is -2.03. The molecule has 2 nitrogen and oxygen atoms in total. The van der Waals surface area contributed by atoms with Gasteiger partial charge in [0.1, 0.15) is 5.83 Å². The Morgan fingerprint density at radius 2 is 1.75 bits per heavy atom. The zero-order chi connectivity index (χ0) is 11.4. The largest absolute Gasteiger partial charge is 0.236 e. The van der Waals surface area contributed by atoms with Crippen LogP contribution in [0.3, 0.4) is 0 Å². The van der Waals surface area contributed by atoms with Crippen LogP contribution in [-0.4, -0.2) is 9.97 Å². The molecule has 16 heavy (non-hydrogen) atoms. The number of rotatable bonds is 2. The monoisotopic (exact) mass is 214 g/mol. The van der Waals surface area contributed by atoms with Crippen molar-refractivity contribution in [2.75, 3.05) is 0 Å². The Balaban J connectivity index is 2.34. The number of hydrogen-bond donors (Lipinski definition) is 0. The predicted molar refractivity (Wildman–Crippen MR) is 62.2 cm³/mol. The predicted octanol–water partition coefficient (Wildman–Crippen LogP) is 3.47. The maximum atomic E-state index is 13.2. The molecule has 0 saturated heterocycles. The summed E-state index contributed by atoms with van der Waals surface area (Å²) in [5, 5.41) is 0. The van der Waals surface area contributed by atoms with Gasteiger partial charge in [-0.1, -0.05) is 36.4 Å². The lowest BCUT2D eigenvalue weighted by atomic mass is 10.2. The third-order valence-corrected chi connectivity index (χ3v) is 2.21. The number of hydrogen-bond acceptors (Lipinski definition) is 2. The molecule has 80 valence electrons. The van der Waals surface area contributed by atoms with Crippen LogP contribution in [0.15, 0.2) is 48.8 Å². The van der Waals surface area contributed by atoms with Crippen LogP contribution in [0.5, 0.6) is 0 Å². The zero-order valence-corrected chi connectivity index (χ0v) is 8.89. The molecule has 1 heterocycles. The third-order valence-electron chi connectivity index (χ3n) is 2.21. The van der Waals surface area contributed by atoms with Gasteiger partial charge in [-0.15, -0.1) is 0 Å². The van der Waals surface area contributed by atoms with Crippen molar-refractivity contribution in [3.63, 3.8) is 0 Å². The minimum atomic E-state index is -0.306. The first-order valence-corrected chi connectivity index (χ1v) is 5.01. The van der Waals surface area contributed by atoms with E-state index < -0.39 is 0 Å². The van der Waals surface area contributed by atoms with Gasteiger partial charge in [-0.25, -0.2) is 14.4 Å². The average Bonchev–Trinajstić information content (AvgIpc) is 2.39. The Morgan fingerprint density at radius 3 is 2.31 bits per heavy atom. The SMILES string of the molecule is C/C=C(\F)c1cnc(-c2ccccc2)nc1. The van der Waals surface area contributed by atoms with Crippen LogP contribution in [-0.2, 0) is 0 Å². The van der Waals surface area contributed by atoms with E-state index in [0.717, 1.165) is 5.56 Å². The smallest absolute Gasteiger partial charge is 0.159 e. The number of benzene rings is 1. The minimum absolute atomic E-state index is 0.306. The molecule has 0 aliphatic carbocycles. The van der Waals surface area contributed by atoms with Crippen molar-refractivity contribution in [1.82, 2.24) is 9.97 Å². The molecule has 0 spiro atoms. The maximum absolute atomic E-state index is 13.2. The highest BCUT2D eigenvalue weighted by atomic mass is 19.1. The van der Waals surface area contributed by atoms with Crippen LogP contribution in [0.25, 0.3) is 17.2 Å². The third kappa shape index (κ3) is 2.14. The van der Waals surface area contributed by atoms with Crippen molar-refractivity contribution in [2.24, 2.45) is 0 Å². The molecular formula is C13H11FN2. The summed E-state index contributed by atoms with van der Waals surface area (Å²) < 4.78 is 13.2. The maximum Gasteiger partial charge on any atom is 0.159 e. The summed E-state index contributed by atoms with van der Waals surface area (Å²) in [7, 11) is 0.